The summed E-state index contributed by atoms with van der Waals surface area (Å²) in [4.78, 5) is 4.88. The Labute approximate surface area is 117 Å². The maximum atomic E-state index is 5.59. The predicted molar refractivity (Wildman–Crippen MR) is 80.0 cm³/mol. The summed E-state index contributed by atoms with van der Waals surface area (Å²) >= 11 is 0. The minimum absolute atomic E-state index is 0.553. The highest BCUT2D eigenvalue weighted by Crippen LogP contribution is 2.10. The second-order valence-electron chi connectivity index (χ2n) is 4.87. The first-order valence-electron chi connectivity index (χ1n) is 7.44. The van der Waals surface area contributed by atoms with Gasteiger partial charge in [0.2, 0.25) is 0 Å². The Bertz CT molecular complexity index is 334. The molecular weight excluding hydrogens is 238 g/mol. The lowest BCUT2D eigenvalue weighted by molar-refractivity contribution is 0.226. The molecule has 0 saturated carbocycles. The van der Waals surface area contributed by atoms with Crippen LogP contribution in [0, 0.1) is 0 Å². The van der Waals surface area contributed by atoms with Crippen molar-refractivity contribution in [1.82, 2.24) is 9.80 Å². The van der Waals surface area contributed by atoms with Gasteiger partial charge < -0.3 is 15.1 Å². The minimum Gasteiger partial charge on any atom is -0.468 e. The van der Waals surface area contributed by atoms with Gasteiger partial charge in [-0.1, -0.05) is 20.8 Å². The van der Waals surface area contributed by atoms with Crippen molar-refractivity contribution in [2.24, 2.45) is 5.73 Å². The molecule has 0 spiro atoms. The van der Waals surface area contributed by atoms with E-state index in [-0.39, 0.29) is 0 Å². The van der Waals surface area contributed by atoms with Crippen molar-refractivity contribution >= 4 is 0 Å². The SMILES string of the molecule is CCN(CC)CCCN(CC)Cc1cc(CN)co1. The molecule has 4 nitrogen and oxygen atoms in total. The van der Waals surface area contributed by atoms with E-state index >= 15 is 0 Å². The summed E-state index contributed by atoms with van der Waals surface area (Å²) in [5.74, 6) is 1.02. The van der Waals surface area contributed by atoms with Gasteiger partial charge in [0.25, 0.3) is 0 Å². The summed E-state index contributed by atoms with van der Waals surface area (Å²) in [5, 5.41) is 0. The second kappa shape index (κ2) is 9.13. The van der Waals surface area contributed by atoms with Gasteiger partial charge in [0.05, 0.1) is 12.8 Å². The highest BCUT2D eigenvalue weighted by atomic mass is 16.3. The van der Waals surface area contributed by atoms with Crippen LogP contribution in [-0.4, -0.2) is 42.5 Å². The molecular formula is C15H29N3O. The van der Waals surface area contributed by atoms with Crippen LogP contribution in [-0.2, 0) is 13.1 Å². The minimum atomic E-state index is 0.553. The zero-order valence-corrected chi connectivity index (χ0v) is 12.7. The maximum absolute atomic E-state index is 5.59. The molecule has 1 aromatic heterocycles. The Morgan fingerprint density at radius 3 is 2.21 bits per heavy atom. The van der Waals surface area contributed by atoms with Crippen LogP contribution in [0.4, 0.5) is 0 Å². The molecule has 110 valence electrons. The molecule has 0 atom stereocenters. The monoisotopic (exact) mass is 267 g/mol. The van der Waals surface area contributed by atoms with Crippen molar-refractivity contribution in [3.63, 3.8) is 0 Å². The van der Waals surface area contributed by atoms with Gasteiger partial charge in [0.1, 0.15) is 5.76 Å². The van der Waals surface area contributed by atoms with E-state index in [1.807, 2.05) is 0 Å². The van der Waals surface area contributed by atoms with Crippen LogP contribution in [0.5, 0.6) is 0 Å². The van der Waals surface area contributed by atoms with Crippen LogP contribution in [0.25, 0.3) is 0 Å². The fourth-order valence-electron chi connectivity index (χ4n) is 2.24. The number of furan rings is 1. The van der Waals surface area contributed by atoms with E-state index in [0.717, 1.165) is 44.0 Å². The average Bonchev–Trinajstić information content (AvgIpc) is 2.90. The molecule has 0 radical (unpaired) electrons. The van der Waals surface area contributed by atoms with Gasteiger partial charge in [-0.25, -0.2) is 0 Å². The van der Waals surface area contributed by atoms with E-state index in [9.17, 15) is 0 Å². The lowest BCUT2D eigenvalue weighted by atomic mass is 10.3. The van der Waals surface area contributed by atoms with Crippen LogP contribution >= 0.6 is 0 Å². The first-order valence-corrected chi connectivity index (χ1v) is 7.44. The van der Waals surface area contributed by atoms with Crippen molar-refractivity contribution in [3.05, 3.63) is 23.7 Å². The molecule has 0 aliphatic rings. The lowest BCUT2D eigenvalue weighted by Crippen LogP contribution is -2.29. The van der Waals surface area contributed by atoms with Crippen molar-refractivity contribution in [3.8, 4) is 0 Å². The normalized spacial score (nSPS) is 11.7. The van der Waals surface area contributed by atoms with Gasteiger partial charge in [-0.05, 0) is 45.2 Å². The molecule has 1 rings (SSSR count). The number of hydrogen-bond acceptors (Lipinski definition) is 4. The Kier molecular flexibility index (Phi) is 7.79. The molecule has 0 aliphatic heterocycles. The molecule has 0 aliphatic carbocycles. The van der Waals surface area contributed by atoms with E-state index in [1.165, 1.54) is 13.0 Å². The number of nitrogens with zero attached hydrogens (tertiary/aromatic N) is 2. The first-order chi connectivity index (χ1) is 9.23. The zero-order valence-electron chi connectivity index (χ0n) is 12.7. The molecule has 1 aromatic rings. The molecule has 19 heavy (non-hydrogen) atoms. The Hall–Kier alpha value is -0.840. The van der Waals surface area contributed by atoms with Gasteiger partial charge >= 0.3 is 0 Å². The third kappa shape index (κ3) is 5.76. The van der Waals surface area contributed by atoms with E-state index in [2.05, 4.69) is 36.6 Å². The van der Waals surface area contributed by atoms with Crippen LogP contribution < -0.4 is 5.73 Å². The quantitative estimate of drug-likeness (QED) is 0.706. The van der Waals surface area contributed by atoms with Crippen molar-refractivity contribution < 1.29 is 4.42 Å². The van der Waals surface area contributed by atoms with Gasteiger partial charge in [0.15, 0.2) is 0 Å². The molecule has 0 aromatic carbocycles. The highest BCUT2D eigenvalue weighted by molar-refractivity contribution is 5.12. The average molecular weight is 267 g/mol. The third-order valence-corrected chi connectivity index (χ3v) is 3.61. The van der Waals surface area contributed by atoms with Gasteiger partial charge in [-0.2, -0.15) is 0 Å². The molecule has 0 bridgehead atoms. The fourth-order valence-corrected chi connectivity index (χ4v) is 2.24. The lowest BCUT2D eigenvalue weighted by Gasteiger charge is -2.22. The molecule has 0 saturated heterocycles. The summed E-state index contributed by atoms with van der Waals surface area (Å²) in [6.45, 7) is 13.7. The molecule has 0 unspecified atom stereocenters. The van der Waals surface area contributed by atoms with E-state index in [1.54, 1.807) is 6.26 Å². The largest absolute Gasteiger partial charge is 0.468 e. The fraction of sp³-hybridized carbons (Fsp3) is 0.733. The summed E-state index contributed by atoms with van der Waals surface area (Å²) in [5.41, 5.74) is 6.67. The predicted octanol–water partition coefficient (Wildman–Crippen LogP) is 2.29. The summed E-state index contributed by atoms with van der Waals surface area (Å²) in [7, 11) is 0. The van der Waals surface area contributed by atoms with E-state index in [4.69, 9.17) is 10.2 Å². The standard InChI is InChI=1S/C15H29N3O/c1-4-17(5-2)8-7-9-18(6-3)12-15-10-14(11-16)13-19-15/h10,13H,4-9,11-12,16H2,1-3H3. The highest BCUT2D eigenvalue weighted by Gasteiger charge is 2.08. The van der Waals surface area contributed by atoms with Crippen molar-refractivity contribution in [1.29, 1.82) is 0 Å². The second-order valence-corrected chi connectivity index (χ2v) is 4.87. The van der Waals surface area contributed by atoms with E-state index < -0.39 is 0 Å². The molecule has 4 heteroatoms. The zero-order chi connectivity index (χ0) is 14.1. The van der Waals surface area contributed by atoms with E-state index in [0.29, 0.717) is 6.54 Å². The van der Waals surface area contributed by atoms with Crippen LogP contribution in [0.15, 0.2) is 16.7 Å². The van der Waals surface area contributed by atoms with Crippen LogP contribution in [0.3, 0.4) is 0 Å². The molecule has 2 N–H and O–H groups in total. The number of nitrogens with two attached hydrogens (primary N) is 1. The molecule has 0 fully saturated rings. The maximum Gasteiger partial charge on any atom is 0.118 e. The van der Waals surface area contributed by atoms with Crippen LogP contribution in [0.1, 0.15) is 38.5 Å². The van der Waals surface area contributed by atoms with Gasteiger partial charge in [-0.3, -0.25) is 4.90 Å². The van der Waals surface area contributed by atoms with Gasteiger partial charge in [0, 0.05) is 12.1 Å². The number of hydrogen-bond donors (Lipinski definition) is 1. The van der Waals surface area contributed by atoms with Crippen molar-refractivity contribution in [2.45, 2.75) is 40.3 Å². The van der Waals surface area contributed by atoms with Crippen molar-refractivity contribution in [2.75, 3.05) is 32.7 Å². The Morgan fingerprint density at radius 1 is 1.05 bits per heavy atom. The summed E-state index contributed by atoms with van der Waals surface area (Å²) < 4.78 is 5.53. The topological polar surface area (TPSA) is 45.6 Å². The Morgan fingerprint density at radius 2 is 1.68 bits per heavy atom. The number of rotatable bonds is 10. The molecule has 1 heterocycles. The smallest absolute Gasteiger partial charge is 0.118 e. The van der Waals surface area contributed by atoms with Crippen LogP contribution in [0.2, 0.25) is 0 Å². The summed E-state index contributed by atoms with van der Waals surface area (Å²) in [6, 6.07) is 2.06. The first kappa shape index (κ1) is 16.2. The Balaban J connectivity index is 2.33. The van der Waals surface area contributed by atoms with Gasteiger partial charge in [-0.15, -0.1) is 0 Å². The summed E-state index contributed by atoms with van der Waals surface area (Å²) in [6.07, 6.45) is 2.97. The third-order valence-electron chi connectivity index (χ3n) is 3.61. The molecule has 0 amide bonds.